The predicted molar refractivity (Wildman–Crippen MR) is 85.4 cm³/mol. The minimum Gasteiger partial charge on any atom is -0.487 e. The third-order valence-electron chi connectivity index (χ3n) is 3.24. The van der Waals surface area contributed by atoms with Gasteiger partial charge in [0.1, 0.15) is 18.2 Å². The molecule has 8 heteroatoms. The Kier molecular flexibility index (Phi) is 7.28. The molecule has 0 saturated carbocycles. The molecule has 0 amide bonds. The summed E-state index contributed by atoms with van der Waals surface area (Å²) in [5.41, 5.74) is 5.18. The molecule has 0 atom stereocenters. The second kappa shape index (κ2) is 8.47. The van der Waals surface area contributed by atoms with Crippen molar-refractivity contribution < 1.29 is 17.5 Å². The van der Waals surface area contributed by atoms with E-state index in [-0.39, 0.29) is 30.5 Å². The number of benzene rings is 1. The summed E-state index contributed by atoms with van der Waals surface area (Å²) in [6, 6.07) is 6.01. The minimum atomic E-state index is -3.42. The number of rotatable bonds is 6. The van der Waals surface area contributed by atoms with Crippen LogP contribution < -0.4 is 10.5 Å². The Balaban J connectivity index is 0.00000242. The van der Waals surface area contributed by atoms with Gasteiger partial charge in [0.25, 0.3) is 0 Å². The fraction of sp³-hybridized carbons (Fsp3) is 0.429. The van der Waals surface area contributed by atoms with E-state index in [2.05, 4.69) is 0 Å². The number of hydrogen-bond donors (Lipinski definition) is 1. The van der Waals surface area contributed by atoms with E-state index in [1.807, 2.05) is 0 Å². The van der Waals surface area contributed by atoms with E-state index < -0.39 is 15.9 Å². The maximum absolute atomic E-state index is 13.1. The lowest BCUT2D eigenvalue weighted by Gasteiger charge is -2.15. The van der Waals surface area contributed by atoms with Gasteiger partial charge in [-0.2, -0.15) is 4.31 Å². The number of ether oxygens (including phenoxy) is 1. The average molecular weight is 351 g/mol. The second-order valence-electron chi connectivity index (χ2n) is 4.76. The third kappa shape index (κ3) is 4.67. The molecule has 1 aromatic rings. The normalized spacial score (nSPS) is 16.4. The quantitative estimate of drug-likeness (QED) is 0.852. The Morgan fingerprint density at radius 1 is 1.27 bits per heavy atom. The van der Waals surface area contributed by atoms with Gasteiger partial charge in [-0.15, -0.1) is 12.4 Å². The molecule has 0 radical (unpaired) electrons. The number of halogens is 2. The van der Waals surface area contributed by atoms with Crippen molar-refractivity contribution in [2.75, 3.05) is 26.2 Å². The van der Waals surface area contributed by atoms with Crippen molar-refractivity contribution in [1.82, 2.24) is 4.31 Å². The molecule has 0 bridgehead atoms. The summed E-state index contributed by atoms with van der Waals surface area (Å²) < 4.78 is 44.4. The van der Waals surface area contributed by atoms with Gasteiger partial charge in [-0.3, -0.25) is 0 Å². The van der Waals surface area contributed by atoms with Gasteiger partial charge in [-0.05, 0) is 43.2 Å². The van der Waals surface area contributed by atoms with Crippen molar-refractivity contribution in [2.45, 2.75) is 17.7 Å². The zero-order chi connectivity index (χ0) is 15.3. The minimum absolute atomic E-state index is 0. The number of sulfonamides is 1. The largest absolute Gasteiger partial charge is 0.487 e. The van der Waals surface area contributed by atoms with Crippen molar-refractivity contribution in [3.05, 3.63) is 36.2 Å². The highest BCUT2D eigenvalue weighted by atomic mass is 35.5. The zero-order valence-electron chi connectivity index (χ0n) is 12.1. The first-order chi connectivity index (χ1) is 10.0. The first-order valence-electron chi connectivity index (χ1n) is 6.81. The topological polar surface area (TPSA) is 72.6 Å². The fourth-order valence-corrected chi connectivity index (χ4v) is 3.64. The molecule has 1 heterocycles. The highest BCUT2D eigenvalue weighted by Crippen LogP contribution is 2.23. The smallest absolute Gasteiger partial charge is 0.243 e. The molecule has 22 heavy (non-hydrogen) atoms. The number of nitrogens with zero attached hydrogens (tertiary/aromatic N) is 1. The lowest BCUT2D eigenvalue weighted by atomic mass is 10.3. The summed E-state index contributed by atoms with van der Waals surface area (Å²) in [5.74, 6) is -0.0396. The molecule has 0 aromatic heterocycles. The average Bonchev–Trinajstić information content (AvgIpc) is 3.01. The van der Waals surface area contributed by atoms with E-state index in [0.29, 0.717) is 18.8 Å². The molecule has 1 aliphatic heterocycles. The molecular formula is C14H20ClFN2O3S. The predicted octanol–water partition coefficient (Wildman–Crippen LogP) is 2.08. The van der Waals surface area contributed by atoms with Crippen LogP contribution in [0.15, 0.2) is 41.1 Å². The lowest BCUT2D eigenvalue weighted by Crippen LogP contribution is -2.27. The van der Waals surface area contributed by atoms with E-state index in [9.17, 15) is 12.8 Å². The van der Waals surface area contributed by atoms with Gasteiger partial charge in [-0.1, -0.05) is 0 Å². The van der Waals surface area contributed by atoms with Gasteiger partial charge in [0.05, 0.1) is 4.90 Å². The zero-order valence-corrected chi connectivity index (χ0v) is 13.7. The van der Waals surface area contributed by atoms with Crippen LogP contribution in [0.5, 0.6) is 5.75 Å². The standard InChI is InChI=1S/C14H19FN2O3S.ClH/c15-12(7-8-16)11-20-13-3-5-14(6-4-13)21(18,19)17-9-1-2-10-17;/h3-7H,1-2,8-11,16H2;1H/b12-7+;. The van der Waals surface area contributed by atoms with Gasteiger partial charge < -0.3 is 10.5 Å². The molecule has 0 unspecified atom stereocenters. The summed E-state index contributed by atoms with van der Waals surface area (Å²) in [6.45, 7) is 1.03. The molecule has 0 aliphatic carbocycles. The van der Waals surface area contributed by atoms with Crippen LogP contribution in [0.25, 0.3) is 0 Å². The monoisotopic (exact) mass is 350 g/mol. The van der Waals surface area contributed by atoms with Crippen LogP contribution in [-0.4, -0.2) is 39.0 Å². The molecule has 124 valence electrons. The van der Waals surface area contributed by atoms with Crippen molar-refractivity contribution in [1.29, 1.82) is 0 Å². The van der Waals surface area contributed by atoms with Gasteiger partial charge in [0, 0.05) is 19.6 Å². The van der Waals surface area contributed by atoms with Gasteiger partial charge in [0.15, 0.2) is 0 Å². The molecule has 5 nitrogen and oxygen atoms in total. The van der Waals surface area contributed by atoms with Crippen LogP contribution in [0, 0.1) is 0 Å². The number of nitrogens with two attached hydrogens (primary N) is 1. The SMILES string of the molecule is Cl.NC/C=C(/F)COc1ccc(S(=O)(=O)N2CCCC2)cc1. The van der Waals surface area contributed by atoms with Crippen molar-refractivity contribution >= 4 is 22.4 Å². The van der Waals surface area contributed by atoms with Gasteiger partial charge in [0.2, 0.25) is 10.0 Å². The van der Waals surface area contributed by atoms with Crippen LogP contribution in [0.1, 0.15) is 12.8 Å². The van der Waals surface area contributed by atoms with Crippen molar-refractivity contribution in [3.63, 3.8) is 0 Å². The lowest BCUT2D eigenvalue weighted by molar-refractivity contribution is 0.318. The van der Waals surface area contributed by atoms with Gasteiger partial charge in [-0.25, -0.2) is 12.8 Å². The van der Waals surface area contributed by atoms with Crippen molar-refractivity contribution in [3.8, 4) is 5.75 Å². The summed E-state index contributed by atoms with van der Waals surface area (Å²) in [5, 5.41) is 0. The Morgan fingerprint density at radius 2 is 1.86 bits per heavy atom. The third-order valence-corrected chi connectivity index (χ3v) is 5.16. The van der Waals surface area contributed by atoms with Crippen molar-refractivity contribution in [2.24, 2.45) is 5.73 Å². The Bertz CT molecular complexity index is 599. The molecule has 2 N–H and O–H groups in total. The first kappa shape index (κ1) is 18.9. The highest BCUT2D eigenvalue weighted by Gasteiger charge is 2.26. The maximum Gasteiger partial charge on any atom is 0.243 e. The Labute approximate surface area is 136 Å². The Hall–Kier alpha value is -1.15. The van der Waals surface area contributed by atoms with Crippen LogP contribution in [0.2, 0.25) is 0 Å². The van der Waals surface area contributed by atoms with E-state index in [0.717, 1.165) is 12.8 Å². The summed E-state index contributed by atoms with van der Waals surface area (Å²) in [4.78, 5) is 0.231. The van der Waals surface area contributed by atoms with Crippen LogP contribution in [0.4, 0.5) is 4.39 Å². The summed E-state index contributed by atoms with van der Waals surface area (Å²) in [6.07, 6.45) is 3.02. The Morgan fingerprint density at radius 3 is 2.41 bits per heavy atom. The molecule has 1 saturated heterocycles. The highest BCUT2D eigenvalue weighted by molar-refractivity contribution is 7.89. The molecular weight excluding hydrogens is 331 g/mol. The fourth-order valence-electron chi connectivity index (χ4n) is 2.12. The van der Waals surface area contributed by atoms with Crippen LogP contribution in [-0.2, 0) is 10.0 Å². The molecule has 0 spiro atoms. The second-order valence-corrected chi connectivity index (χ2v) is 6.70. The van der Waals surface area contributed by atoms with Gasteiger partial charge >= 0.3 is 0 Å². The molecule has 1 aliphatic rings. The maximum atomic E-state index is 13.1. The van der Waals surface area contributed by atoms with E-state index >= 15 is 0 Å². The summed E-state index contributed by atoms with van der Waals surface area (Å²) in [7, 11) is -3.42. The van der Waals surface area contributed by atoms with E-state index in [4.69, 9.17) is 10.5 Å². The van der Waals surface area contributed by atoms with E-state index in [1.54, 1.807) is 0 Å². The van der Waals surface area contributed by atoms with E-state index in [1.165, 1.54) is 34.6 Å². The van der Waals surface area contributed by atoms with Crippen LogP contribution >= 0.6 is 12.4 Å². The summed E-state index contributed by atoms with van der Waals surface area (Å²) >= 11 is 0. The molecule has 1 aromatic carbocycles. The molecule has 1 fully saturated rings. The first-order valence-corrected chi connectivity index (χ1v) is 8.25. The molecule has 2 rings (SSSR count). The van der Waals surface area contributed by atoms with Crippen LogP contribution in [0.3, 0.4) is 0 Å². The number of hydrogen-bond acceptors (Lipinski definition) is 4.